The first-order valence-electron chi connectivity index (χ1n) is 11.7. The Morgan fingerprint density at radius 1 is 0.971 bits per heavy atom. The smallest absolute Gasteiger partial charge is 0.217 e. The normalized spacial score (nSPS) is 14.3. The van der Waals surface area contributed by atoms with E-state index in [9.17, 15) is 4.39 Å². The van der Waals surface area contributed by atoms with Crippen LogP contribution in [0, 0.1) is 5.82 Å². The molecular formula is C27H33ClFN3O3. The molecule has 1 saturated heterocycles. The van der Waals surface area contributed by atoms with Gasteiger partial charge in [0, 0.05) is 42.2 Å². The Kier molecular flexibility index (Phi) is 9.43. The highest BCUT2D eigenvalue weighted by Gasteiger charge is 2.19. The third-order valence-corrected chi connectivity index (χ3v) is 5.70. The Hall–Kier alpha value is -2.74. The zero-order valence-electron chi connectivity index (χ0n) is 20.5. The molecule has 1 aliphatic rings. The van der Waals surface area contributed by atoms with Gasteiger partial charge in [0.25, 0.3) is 0 Å². The van der Waals surface area contributed by atoms with Gasteiger partial charge in [-0.25, -0.2) is 9.37 Å². The number of rotatable bonds is 8. The first kappa shape index (κ1) is 26.9. The van der Waals surface area contributed by atoms with Crippen LogP contribution in [0.15, 0.2) is 54.6 Å². The van der Waals surface area contributed by atoms with Gasteiger partial charge in [-0.2, -0.15) is 4.98 Å². The molecule has 1 aliphatic heterocycles. The van der Waals surface area contributed by atoms with Crippen LogP contribution in [0.1, 0.15) is 32.0 Å². The largest absolute Gasteiger partial charge is 0.492 e. The summed E-state index contributed by atoms with van der Waals surface area (Å²) in [6.07, 6.45) is 0. The van der Waals surface area contributed by atoms with Gasteiger partial charge in [-0.1, -0.05) is 39.0 Å². The Bertz CT molecular complexity index is 1080. The van der Waals surface area contributed by atoms with E-state index in [2.05, 4.69) is 30.7 Å². The van der Waals surface area contributed by atoms with Gasteiger partial charge in [0.1, 0.15) is 24.8 Å². The summed E-state index contributed by atoms with van der Waals surface area (Å²) in [6, 6.07) is 16.2. The fourth-order valence-corrected chi connectivity index (χ4v) is 3.60. The Morgan fingerprint density at radius 2 is 1.69 bits per heavy atom. The van der Waals surface area contributed by atoms with Crippen LogP contribution in [-0.4, -0.2) is 54.3 Å². The number of ether oxygens (including phenoxy) is 3. The van der Waals surface area contributed by atoms with Gasteiger partial charge < -0.3 is 14.2 Å². The van der Waals surface area contributed by atoms with Crippen LogP contribution in [0.3, 0.4) is 0 Å². The predicted molar refractivity (Wildman–Crippen MR) is 137 cm³/mol. The number of aromatic nitrogens is 2. The van der Waals surface area contributed by atoms with Crippen molar-refractivity contribution in [1.82, 2.24) is 14.9 Å². The van der Waals surface area contributed by atoms with Crippen molar-refractivity contribution in [2.24, 2.45) is 0 Å². The fraction of sp³-hybridized carbons (Fsp3) is 0.407. The zero-order valence-corrected chi connectivity index (χ0v) is 21.3. The molecule has 0 amide bonds. The molecule has 0 unspecified atom stereocenters. The summed E-state index contributed by atoms with van der Waals surface area (Å²) < 4.78 is 31.2. The topological polar surface area (TPSA) is 56.7 Å². The number of benzene rings is 2. The third kappa shape index (κ3) is 7.62. The molecule has 0 saturated carbocycles. The van der Waals surface area contributed by atoms with E-state index >= 15 is 0 Å². The maximum Gasteiger partial charge on any atom is 0.217 e. The summed E-state index contributed by atoms with van der Waals surface area (Å²) >= 11 is 0. The van der Waals surface area contributed by atoms with Crippen LogP contribution in [0.4, 0.5) is 4.39 Å². The Balaban J connectivity index is 0.00000342. The summed E-state index contributed by atoms with van der Waals surface area (Å²) in [4.78, 5) is 11.7. The first-order chi connectivity index (χ1) is 16.4. The van der Waals surface area contributed by atoms with Crippen molar-refractivity contribution in [1.29, 1.82) is 0 Å². The summed E-state index contributed by atoms with van der Waals surface area (Å²) in [7, 11) is 0. The lowest BCUT2D eigenvalue weighted by atomic mass is 9.92. The first-order valence-corrected chi connectivity index (χ1v) is 11.7. The van der Waals surface area contributed by atoms with E-state index in [1.165, 1.54) is 6.07 Å². The van der Waals surface area contributed by atoms with Gasteiger partial charge in [-0.05, 0) is 30.3 Å². The quantitative estimate of drug-likeness (QED) is 0.418. The molecule has 4 rings (SSSR count). The lowest BCUT2D eigenvalue weighted by Crippen LogP contribution is -2.38. The maximum atomic E-state index is 14.0. The molecule has 0 N–H and O–H groups in total. The fourth-order valence-electron chi connectivity index (χ4n) is 3.60. The predicted octanol–water partition coefficient (Wildman–Crippen LogP) is 5.29. The highest BCUT2D eigenvalue weighted by atomic mass is 35.5. The molecule has 1 fully saturated rings. The van der Waals surface area contributed by atoms with E-state index in [-0.39, 0.29) is 30.2 Å². The van der Waals surface area contributed by atoms with Crippen LogP contribution in [-0.2, 0) is 16.8 Å². The minimum Gasteiger partial charge on any atom is -0.492 e. The van der Waals surface area contributed by atoms with E-state index < -0.39 is 0 Å². The lowest BCUT2D eigenvalue weighted by Gasteiger charge is -2.26. The molecule has 8 heteroatoms. The highest BCUT2D eigenvalue weighted by molar-refractivity contribution is 5.85. The van der Waals surface area contributed by atoms with Crippen LogP contribution in [0.25, 0.3) is 11.4 Å². The third-order valence-electron chi connectivity index (χ3n) is 5.70. The Labute approximate surface area is 212 Å². The maximum absolute atomic E-state index is 14.0. The van der Waals surface area contributed by atoms with Crippen molar-refractivity contribution < 1.29 is 18.6 Å². The summed E-state index contributed by atoms with van der Waals surface area (Å²) in [6.45, 7) is 11.3. The lowest BCUT2D eigenvalue weighted by molar-refractivity contribution is 0.0322. The monoisotopic (exact) mass is 501 g/mol. The van der Waals surface area contributed by atoms with Gasteiger partial charge in [0.05, 0.1) is 18.9 Å². The van der Waals surface area contributed by atoms with E-state index in [1.54, 1.807) is 18.2 Å². The molecular weight excluding hydrogens is 469 g/mol. The molecule has 2 aromatic carbocycles. The number of nitrogens with zero attached hydrogens (tertiary/aromatic N) is 3. The van der Waals surface area contributed by atoms with Crippen LogP contribution >= 0.6 is 12.4 Å². The summed E-state index contributed by atoms with van der Waals surface area (Å²) in [5.74, 6) is 1.50. The van der Waals surface area contributed by atoms with Crippen molar-refractivity contribution >= 4 is 12.4 Å². The van der Waals surface area contributed by atoms with Gasteiger partial charge in [0.2, 0.25) is 5.88 Å². The SMILES string of the molecule is CC(C)(C)c1cc(OCc2ccccc2F)nc(-c2ccc(OCCN3CCOCC3)cc2)n1.Cl. The molecule has 0 bridgehead atoms. The minimum atomic E-state index is -0.294. The van der Waals surface area contributed by atoms with E-state index in [0.29, 0.717) is 23.9 Å². The molecule has 6 nitrogen and oxygen atoms in total. The second kappa shape index (κ2) is 12.3. The molecule has 0 atom stereocenters. The Morgan fingerprint density at radius 3 is 2.37 bits per heavy atom. The van der Waals surface area contributed by atoms with Crippen molar-refractivity contribution in [3.8, 4) is 23.0 Å². The molecule has 0 spiro atoms. The van der Waals surface area contributed by atoms with E-state index in [0.717, 1.165) is 49.9 Å². The zero-order chi connectivity index (χ0) is 24.0. The van der Waals surface area contributed by atoms with Crippen LogP contribution in [0.2, 0.25) is 0 Å². The molecule has 1 aromatic heterocycles. The summed E-state index contributed by atoms with van der Waals surface area (Å²) in [5.41, 5.74) is 2.00. The molecule has 2 heterocycles. The summed E-state index contributed by atoms with van der Waals surface area (Å²) in [5, 5.41) is 0. The second-order valence-corrected chi connectivity index (χ2v) is 9.37. The van der Waals surface area contributed by atoms with Gasteiger partial charge in [-0.15, -0.1) is 12.4 Å². The van der Waals surface area contributed by atoms with Crippen LogP contribution < -0.4 is 9.47 Å². The van der Waals surface area contributed by atoms with E-state index in [4.69, 9.17) is 19.2 Å². The van der Waals surface area contributed by atoms with Crippen molar-refractivity contribution in [2.75, 3.05) is 39.5 Å². The van der Waals surface area contributed by atoms with Gasteiger partial charge in [-0.3, -0.25) is 4.90 Å². The second-order valence-electron chi connectivity index (χ2n) is 9.37. The number of morpholine rings is 1. The van der Waals surface area contributed by atoms with Crippen molar-refractivity contribution in [3.63, 3.8) is 0 Å². The highest BCUT2D eigenvalue weighted by Crippen LogP contribution is 2.28. The van der Waals surface area contributed by atoms with Crippen molar-refractivity contribution in [3.05, 3.63) is 71.7 Å². The van der Waals surface area contributed by atoms with Crippen molar-refractivity contribution in [2.45, 2.75) is 32.8 Å². The van der Waals surface area contributed by atoms with E-state index in [1.807, 2.05) is 30.3 Å². The minimum absolute atomic E-state index is 0. The van der Waals surface area contributed by atoms with Crippen LogP contribution in [0.5, 0.6) is 11.6 Å². The average molecular weight is 502 g/mol. The van der Waals surface area contributed by atoms with Gasteiger partial charge in [0.15, 0.2) is 5.82 Å². The molecule has 35 heavy (non-hydrogen) atoms. The molecule has 0 radical (unpaired) electrons. The molecule has 3 aromatic rings. The van der Waals surface area contributed by atoms with Gasteiger partial charge >= 0.3 is 0 Å². The molecule has 0 aliphatic carbocycles. The number of hydrogen-bond donors (Lipinski definition) is 0. The molecule has 188 valence electrons. The average Bonchev–Trinajstić information content (AvgIpc) is 2.84. The standard InChI is InChI=1S/C27H32FN3O3.ClH/c1-27(2,3)24-18-25(34-19-21-6-4-5-7-23(21)28)30-26(29-24)20-8-10-22(11-9-20)33-17-14-31-12-15-32-16-13-31;/h4-11,18H,12-17,19H2,1-3H3;1H. The number of hydrogen-bond acceptors (Lipinski definition) is 6. The number of halogens is 2.